The number of nitrogens with zero attached hydrogens (tertiary/aromatic N) is 3. The summed E-state index contributed by atoms with van der Waals surface area (Å²) in [7, 11) is 0. The Labute approximate surface area is 131 Å². The number of rotatable bonds is 4. The van der Waals surface area contributed by atoms with Gasteiger partial charge in [-0.2, -0.15) is 5.26 Å². The summed E-state index contributed by atoms with van der Waals surface area (Å²) in [6.45, 7) is 6.45. The summed E-state index contributed by atoms with van der Waals surface area (Å²) < 4.78 is 0. The largest absolute Gasteiger partial charge is 0.332 e. The van der Waals surface area contributed by atoms with Crippen molar-refractivity contribution in [2.24, 2.45) is 0 Å². The standard InChI is InChI=1S/C18H19N3O/c1-4-21(18(22)17-8-5-13(2)20-12-17)14(3)16-9-6-15(11-19)7-10-16/h5-10,12,14H,4H2,1-3H3. The van der Waals surface area contributed by atoms with Crippen molar-refractivity contribution in [2.75, 3.05) is 6.54 Å². The van der Waals surface area contributed by atoms with Crippen LogP contribution in [-0.4, -0.2) is 22.3 Å². The SMILES string of the molecule is CCN(C(=O)c1ccc(C)nc1)C(C)c1ccc(C#N)cc1. The molecule has 1 aromatic carbocycles. The van der Waals surface area contributed by atoms with Gasteiger partial charge >= 0.3 is 0 Å². The summed E-state index contributed by atoms with van der Waals surface area (Å²) >= 11 is 0. The van der Waals surface area contributed by atoms with E-state index in [2.05, 4.69) is 11.1 Å². The van der Waals surface area contributed by atoms with E-state index in [1.807, 2.05) is 39.0 Å². The van der Waals surface area contributed by atoms with Crippen molar-refractivity contribution in [1.29, 1.82) is 5.26 Å². The minimum atomic E-state index is -0.0634. The molecule has 4 nitrogen and oxygen atoms in total. The predicted octanol–water partition coefficient (Wildman–Crippen LogP) is 3.49. The molecule has 0 radical (unpaired) electrons. The van der Waals surface area contributed by atoms with Crippen LogP contribution in [0, 0.1) is 18.3 Å². The molecule has 0 aliphatic heterocycles. The molecule has 0 N–H and O–H groups in total. The topological polar surface area (TPSA) is 57.0 Å². The van der Waals surface area contributed by atoms with Gasteiger partial charge in [-0.3, -0.25) is 9.78 Å². The van der Waals surface area contributed by atoms with Crippen LogP contribution in [0.5, 0.6) is 0 Å². The molecule has 0 aliphatic carbocycles. The van der Waals surface area contributed by atoms with Gasteiger partial charge in [0.2, 0.25) is 0 Å². The highest BCUT2D eigenvalue weighted by molar-refractivity contribution is 5.94. The van der Waals surface area contributed by atoms with Gasteiger partial charge in [0.25, 0.3) is 5.91 Å². The van der Waals surface area contributed by atoms with Crippen LogP contribution in [0.1, 0.15) is 47.1 Å². The maximum atomic E-state index is 12.7. The number of aromatic nitrogens is 1. The third kappa shape index (κ3) is 3.32. The highest BCUT2D eigenvalue weighted by Crippen LogP contribution is 2.22. The van der Waals surface area contributed by atoms with Crippen molar-refractivity contribution in [3.05, 3.63) is 65.0 Å². The van der Waals surface area contributed by atoms with Gasteiger partial charge in [-0.1, -0.05) is 12.1 Å². The number of pyridine rings is 1. The maximum Gasteiger partial charge on any atom is 0.255 e. The molecule has 4 heteroatoms. The number of carbonyl (C=O) groups excluding carboxylic acids is 1. The van der Waals surface area contributed by atoms with Crippen LogP contribution in [0.15, 0.2) is 42.6 Å². The molecule has 0 saturated heterocycles. The predicted molar refractivity (Wildman–Crippen MR) is 85.3 cm³/mol. The number of hydrogen-bond acceptors (Lipinski definition) is 3. The monoisotopic (exact) mass is 293 g/mol. The molecule has 1 atom stereocenters. The second-order valence-electron chi connectivity index (χ2n) is 5.19. The van der Waals surface area contributed by atoms with Gasteiger partial charge in [-0.05, 0) is 50.6 Å². The molecule has 2 rings (SSSR count). The van der Waals surface area contributed by atoms with E-state index in [1.165, 1.54) is 0 Å². The van der Waals surface area contributed by atoms with Gasteiger partial charge in [0.1, 0.15) is 0 Å². The highest BCUT2D eigenvalue weighted by atomic mass is 16.2. The van der Waals surface area contributed by atoms with Crippen molar-refractivity contribution in [1.82, 2.24) is 9.88 Å². The van der Waals surface area contributed by atoms with E-state index in [1.54, 1.807) is 29.3 Å². The van der Waals surface area contributed by atoms with Crippen molar-refractivity contribution < 1.29 is 4.79 Å². The average molecular weight is 293 g/mol. The fourth-order valence-corrected chi connectivity index (χ4v) is 2.37. The van der Waals surface area contributed by atoms with Gasteiger partial charge in [-0.15, -0.1) is 0 Å². The number of hydrogen-bond donors (Lipinski definition) is 0. The van der Waals surface area contributed by atoms with E-state index in [0.29, 0.717) is 17.7 Å². The first-order valence-electron chi connectivity index (χ1n) is 7.30. The van der Waals surface area contributed by atoms with Crippen LogP contribution >= 0.6 is 0 Å². The maximum absolute atomic E-state index is 12.7. The lowest BCUT2D eigenvalue weighted by atomic mass is 10.0. The Morgan fingerprint density at radius 3 is 2.45 bits per heavy atom. The molecule has 1 aromatic heterocycles. The summed E-state index contributed by atoms with van der Waals surface area (Å²) in [5.74, 6) is -0.0353. The van der Waals surface area contributed by atoms with E-state index in [9.17, 15) is 4.79 Å². The van der Waals surface area contributed by atoms with Gasteiger partial charge in [0.05, 0.1) is 23.2 Å². The molecule has 0 aliphatic rings. The van der Waals surface area contributed by atoms with Crippen LogP contribution < -0.4 is 0 Å². The number of amides is 1. The molecular formula is C18H19N3O. The number of aryl methyl sites for hydroxylation is 1. The highest BCUT2D eigenvalue weighted by Gasteiger charge is 2.21. The Bertz CT molecular complexity index is 684. The first-order chi connectivity index (χ1) is 10.6. The Morgan fingerprint density at radius 1 is 1.27 bits per heavy atom. The lowest BCUT2D eigenvalue weighted by Gasteiger charge is -2.28. The third-order valence-corrected chi connectivity index (χ3v) is 3.75. The van der Waals surface area contributed by atoms with Crippen LogP contribution in [0.2, 0.25) is 0 Å². The normalized spacial score (nSPS) is 11.5. The summed E-state index contributed by atoms with van der Waals surface area (Å²) in [6.07, 6.45) is 1.62. The molecule has 112 valence electrons. The molecular weight excluding hydrogens is 274 g/mol. The molecule has 2 aromatic rings. The zero-order valence-electron chi connectivity index (χ0n) is 13.1. The van der Waals surface area contributed by atoms with E-state index in [4.69, 9.17) is 5.26 Å². The average Bonchev–Trinajstić information content (AvgIpc) is 2.56. The lowest BCUT2D eigenvalue weighted by Crippen LogP contribution is -2.33. The molecule has 22 heavy (non-hydrogen) atoms. The summed E-state index contributed by atoms with van der Waals surface area (Å²) in [4.78, 5) is 18.6. The Kier molecular flexibility index (Phi) is 4.90. The zero-order chi connectivity index (χ0) is 16.1. The fraction of sp³-hybridized carbons (Fsp3) is 0.278. The molecule has 0 saturated carbocycles. The molecule has 0 fully saturated rings. The zero-order valence-corrected chi connectivity index (χ0v) is 13.1. The van der Waals surface area contributed by atoms with Crippen molar-refractivity contribution in [3.63, 3.8) is 0 Å². The molecule has 1 amide bonds. The molecule has 1 heterocycles. The summed E-state index contributed by atoms with van der Waals surface area (Å²) in [6, 6.07) is 13.0. The van der Waals surface area contributed by atoms with Crippen LogP contribution in [0.4, 0.5) is 0 Å². The first-order valence-corrected chi connectivity index (χ1v) is 7.30. The molecule has 0 spiro atoms. The first kappa shape index (κ1) is 15.7. The lowest BCUT2D eigenvalue weighted by molar-refractivity contribution is 0.0702. The van der Waals surface area contributed by atoms with E-state index < -0.39 is 0 Å². The van der Waals surface area contributed by atoms with E-state index >= 15 is 0 Å². The Hall–Kier alpha value is -2.67. The van der Waals surface area contributed by atoms with Crippen LogP contribution in [-0.2, 0) is 0 Å². The Morgan fingerprint density at radius 2 is 1.95 bits per heavy atom. The van der Waals surface area contributed by atoms with Gasteiger partial charge in [0, 0.05) is 18.4 Å². The fourth-order valence-electron chi connectivity index (χ4n) is 2.37. The van der Waals surface area contributed by atoms with Crippen molar-refractivity contribution in [2.45, 2.75) is 26.8 Å². The minimum Gasteiger partial charge on any atom is -0.332 e. The van der Waals surface area contributed by atoms with E-state index in [0.717, 1.165) is 11.3 Å². The summed E-state index contributed by atoms with van der Waals surface area (Å²) in [5.41, 5.74) is 3.11. The number of carbonyl (C=O) groups is 1. The minimum absolute atomic E-state index is 0.0353. The quantitative estimate of drug-likeness (QED) is 0.867. The number of benzene rings is 1. The molecule has 0 bridgehead atoms. The van der Waals surface area contributed by atoms with Gasteiger partial charge in [0.15, 0.2) is 0 Å². The number of nitriles is 1. The van der Waals surface area contributed by atoms with Crippen molar-refractivity contribution in [3.8, 4) is 6.07 Å². The third-order valence-electron chi connectivity index (χ3n) is 3.75. The second kappa shape index (κ2) is 6.86. The van der Waals surface area contributed by atoms with E-state index in [-0.39, 0.29) is 11.9 Å². The second-order valence-corrected chi connectivity index (χ2v) is 5.19. The molecule has 1 unspecified atom stereocenters. The van der Waals surface area contributed by atoms with Crippen LogP contribution in [0.3, 0.4) is 0 Å². The van der Waals surface area contributed by atoms with Crippen LogP contribution in [0.25, 0.3) is 0 Å². The van der Waals surface area contributed by atoms with Gasteiger partial charge in [-0.25, -0.2) is 0 Å². The van der Waals surface area contributed by atoms with Gasteiger partial charge < -0.3 is 4.90 Å². The summed E-state index contributed by atoms with van der Waals surface area (Å²) in [5, 5.41) is 8.86. The smallest absolute Gasteiger partial charge is 0.255 e. The Balaban J connectivity index is 2.24. The van der Waals surface area contributed by atoms with Crippen molar-refractivity contribution >= 4 is 5.91 Å².